The van der Waals surface area contributed by atoms with Crippen LogP contribution in [0.1, 0.15) is 18.1 Å². The Balaban J connectivity index is 1.98. The van der Waals surface area contributed by atoms with Gasteiger partial charge in [0.2, 0.25) is 0 Å². The van der Waals surface area contributed by atoms with Gasteiger partial charge in [-0.1, -0.05) is 28.1 Å². The van der Waals surface area contributed by atoms with Gasteiger partial charge in [-0.05, 0) is 61.7 Å². The van der Waals surface area contributed by atoms with Crippen LogP contribution in [-0.4, -0.2) is 11.1 Å². The van der Waals surface area contributed by atoms with Crippen LogP contribution in [0, 0.1) is 6.92 Å². The molecule has 100 valence electrons. The molecule has 2 aromatic rings. The van der Waals surface area contributed by atoms with Crippen molar-refractivity contribution in [3.05, 3.63) is 58.1 Å². The Morgan fingerprint density at radius 2 is 1.84 bits per heavy atom. The minimum atomic E-state index is 0.338. The molecule has 1 atom stereocenters. The van der Waals surface area contributed by atoms with Crippen molar-refractivity contribution in [2.24, 2.45) is 0 Å². The van der Waals surface area contributed by atoms with Crippen LogP contribution >= 0.6 is 15.9 Å². The fourth-order valence-electron chi connectivity index (χ4n) is 2.05. The van der Waals surface area contributed by atoms with Gasteiger partial charge in [-0.25, -0.2) is 0 Å². The molecule has 3 heteroatoms. The number of benzene rings is 2. The van der Waals surface area contributed by atoms with E-state index in [0.717, 1.165) is 22.1 Å². The first-order valence-corrected chi connectivity index (χ1v) is 7.14. The molecule has 0 amide bonds. The Kier molecular flexibility index (Phi) is 4.48. The third-order valence-electron chi connectivity index (χ3n) is 3.07. The summed E-state index contributed by atoms with van der Waals surface area (Å²) < 4.78 is 1.10. The molecule has 0 aliphatic heterocycles. The number of hydrogen-bond donors (Lipinski definition) is 2. The van der Waals surface area contributed by atoms with E-state index in [1.807, 2.05) is 19.1 Å². The number of hydrogen-bond acceptors (Lipinski definition) is 2. The van der Waals surface area contributed by atoms with Crippen LogP contribution < -0.4 is 5.32 Å². The molecule has 1 unspecified atom stereocenters. The topological polar surface area (TPSA) is 32.3 Å². The molecule has 0 aromatic heterocycles. The summed E-state index contributed by atoms with van der Waals surface area (Å²) in [7, 11) is 0. The number of aryl methyl sites for hydroxylation is 1. The maximum atomic E-state index is 9.51. The highest BCUT2D eigenvalue weighted by atomic mass is 79.9. The second-order valence-electron chi connectivity index (χ2n) is 4.88. The van der Waals surface area contributed by atoms with Gasteiger partial charge in [-0.2, -0.15) is 0 Å². The summed E-state index contributed by atoms with van der Waals surface area (Å²) in [5.74, 6) is 0.339. The fraction of sp³-hybridized carbons (Fsp3) is 0.250. The van der Waals surface area contributed by atoms with Gasteiger partial charge in [-0.3, -0.25) is 0 Å². The summed E-state index contributed by atoms with van der Waals surface area (Å²) in [5, 5.41) is 13.0. The van der Waals surface area contributed by atoms with Crippen LogP contribution in [-0.2, 0) is 6.42 Å². The van der Waals surface area contributed by atoms with E-state index >= 15 is 0 Å². The minimum Gasteiger partial charge on any atom is -0.508 e. The number of phenolic OH excluding ortho intramolecular Hbond substituents is 1. The lowest BCUT2D eigenvalue weighted by molar-refractivity contribution is 0.471. The van der Waals surface area contributed by atoms with E-state index in [9.17, 15) is 5.11 Å². The first kappa shape index (κ1) is 13.9. The summed E-state index contributed by atoms with van der Waals surface area (Å²) in [6, 6.07) is 14.3. The second kappa shape index (κ2) is 6.11. The monoisotopic (exact) mass is 319 g/mol. The standard InChI is InChI=1S/C16H18BrNO/c1-11-9-15(7-8-16(11)19)18-12(2)10-13-3-5-14(17)6-4-13/h3-9,12,18-19H,10H2,1-2H3. The van der Waals surface area contributed by atoms with E-state index < -0.39 is 0 Å². The summed E-state index contributed by atoms with van der Waals surface area (Å²) in [6.45, 7) is 4.06. The smallest absolute Gasteiger partial charge is 0.118 e. The van der Waals surface area contributed by atoms with E-state index in [1.165, 1.54) is 5.56 Å². The average molecular weight is 320 g/mol. The number of aromatic hydroxyl groups is 1. The summed E-state index contributed by atoms with van der Waals surface area (Å²) in [6.07, 6.45) is 0.965. The molecule has 0 bridgehead atoms. The Labute approximate surface area is 122 Å². The highest BCUT2D eigenvalue weighted by Gasteiger charge is 2.05. The van der Waals surface area contributed by atoms with Gasteiger partial charge in [0, 0.05) is 16.2 Å². The van der Waals surface area contributed by atoms with Crippen LogP contribution in [0.15, 0.2) is 46.9 Å². The number of rotatable bonds is 4. The molecule has 2 aromatic carbocycles. The Hall–Kier alpha value is -1.48. The molecule has 2 nitrogen and oxygen atoms in total. The van der Waals surface area contributed by atoms with E-state index in [2.05, 4.69) is 52.4 Å². The van der Waals surface area contributed by atoms with Crippen molar-refractivity contribution in [2.75, 3.05) is 5.32 Å². The van der Waals surface area contributed by atoms with Gasteiger partial charge in [-0.15, -0.1) is 0 Å². The molecule has 0 radical (unpaired) electrons. The van der Waals surface area contributed by atoms with Crippen LogP contribution in [0.3, 0.4) is 0 Å². The van der Waals surface area contributed by atoms with Crippen molar-refractivity contribution in [3.8, 4) is 5.75 Å². The highest BCUT2D eigenvalue weighted by Crippen LogP contribution is 2.21. The van der Waals surface area contributed by atoms with Gasteiger partial charge in [0.15, 0.2) is 0 Å². The van der Waals surface area contributed by atoms with Gasteiger partial charge in [0.1, 0.15) is 5.75 Å². The van der Waals surface area contributed by atoms with Gasteiger partial charge in [0.25, 0.3) is 0 Å². The third kappa shape index (κ3) is 4.00. The minimum absolute atomic E-state index is 0.338. The quantitative estimate of drug-likeness (QED) is 0.813. The maximum absolute atomic E-state index is 9.51. The fourth-order valence-corrected chi connectivity index (χ4v) is 2.32. The number of anilines is 1. The Morgan fingerprint density at radius 3 is 2.47 bits per heavy atom. The van der Waals surface area contributed by atoms with Gasteiger partial charge >= 0.3 is 0 Å². The molecular weight excluding hydrogens is 302 g/mol. The molecule has 0 aliphatic rings. The maximum Gasteiger partial charge on any atom is 0.118 e. The van der Waals surface area contributed by atoms with E-state index in [4.69, 9.17) is 0 Å². The third-order valence-corrected chi connectivity index (χ3v) is 3.59. The molecular formula is C16H18BrNO. The molecule has 19 heavy (non-hydrogen) atoms. The molecule has 0 saturated carbocycles. The summed E-state index contributed by atoms with van der Waals surface area (Å²) >= 11 is 3.44. The number of nitrogens with one attached hydrogen (secondary N) is 1. The number of phenols is 1. The zero-order valence-corrected chi connectivity index (χ0v) is 12.7. The van der Waals surface area contributed by atoms with Crippen LogP contribution in [0.2, 0.25) is 0 Å². The average Bonchev–Trinajstić information content (AvgIpc) is 2.37. The van der Waals surface area contributed by atoms with Gasteiger partial charge < -0.3 is 10.4 Å². The first-order valence-electron chi connectivity index (χ1n) is 6.35. The lowest BCUT2D eigenvalue weighted by atomic mass is 10.1. The molecule has 0 aliphatic carbocycles. The van der Waals surface area contributed by atoms with E-state index in [0.29, 0.717) is 11.8 Å². The first-order chi connectivity index (χ1) is 9.04. The zero-order valence-electron chi connectivity index (χ0n) is 11.2. The Bertz CT molecular complexity index is 551. The van der Waals surface area contributed by atoms with Crippen molar-refractivity contribution in [2.45, 2.75) is 26.3 Å². The van der Waals surface area contributed by atoms with Crippen LogP contribution in [0.4, 0.5) is 5.69 Å². The second-order valence-corrected chi connectivity index (χ2v) is 5.79. The van der Waals surface area contributed by atoms with E-state index in [1.54, 1.807) is 6.07 Å². The molecule has 0 fully saturated rings. The summed E-state index contributed by atoms with van der Waals surface area (Å²) in [5.41, 5.74) is 3.24. The molecule has 0 saturated heterocycles. The lowest BCUT2D eigenvalue weighted by Crippen LogP contribution is -2.18. The number of halogens is 1. The van der Waals surface area contributed by atoms with Crippen molar-refractivity contribution in [1.29, 1.82) is 0 Å². The van der Waals surface area contributed by atoms with Crippen LogP contribution in [0.5, 0.6) is 5.75 Å². The van der Waals surface area contributed by atoms with Crippen molar-refractivity contribution in [1.82, 2.24) is 0 Å². The van der Waals surface area contributed by atoms with Crippen molar-refractivity contribution < 1.29 is 5.11 Å². The highest BCUT2D eigenvalue weighted by molar-refractivity contribution is 9.10. The predicted octanol–water partition coefficient (Wildman–Crippen LogP) is 4.51. The van der Waals surface area contributed by atoms with Gasteiger partial charge in [0.05, 0.1) is 0 Å². The van der Waals surface area contributed by atoms with Crippen molar-refractivity contribution in [3.63, 3.8) is 0 Å². The summed E-state index contributed by atoms with van der Waals surface area (Å²) in [4.78, 5) is 0. The predicted molar refractivity (Wildman–Crippen MR) is 83.8 cm³/mol. The largest absolute Gasteiger partial charge is 0.508 e. The normalized spacial score (nSPS) is 12.2. The molecule has 2 rings (SSSR count). The molecule has 0 heterocycles. The zero-order chi connectivity index (χ0) is 13.8. The molecule has 0 spiro atoms. The molecule has 2 N–H and O–H groups in total. The van der Waals surface area contributed by atoms with Crippen LogP contribution in [0.25, 0.3) is 0 Å². The van der Waals surface area contributed by atoms with E-state index in [-0.39, 0.29) is 0 Å². The SMILES string of the molecule is Cc1cc(NC(C)Cc2ccc(Br)cc2)ccc1O. The van der Waals surface area contributed by atoms with Crippen molar-refractivity contribution >= 4 is 21.6 Å². The lowest BCUT2D eigenvalue weighted by Gasteiger charge is -2.16. The Morgan fingerprint density at radius 1 is 1.16 bits per heavy atom.